The van der Waals surface area contributed by atoms with Gasteiger partial charge in [0, 0.05) is 10.8 Å². The maximum Gasteiger partial charge on any atom is 0.135 e. The monoisotopic (exact) mass is 482 g/mol. The molecule has 0 unspecified atom stereocenters. The first kappa shape index (κ1) is 11.9. The van der Waals surface area contributed by atoms with Crippen molar-refractivity contribution in [3.8, 4) is 22.3 Å². The predicted molar refractivity (Wildman–Crippen MR) is 157 cm³/mol. The van der Waals surface area contributed by atoms with Crippen LogP contribution in [0.2, 0.25) is 0 Å². The summed E-state index contributed by atoms with van der Waals surface area (Å²) in [5.74, 6) is 0. The highest BCUT2D eigenvalue weighted by atomic mass is 16.3. The Morgan fingerprint density at radius 3 is 1.65 bits per heavy atom. The van der Waals surface area contributed by atoms with Crippen LogP contribution in [0.5, 0.6) is 0 Å². The highest BCUT2D eigenvalue weighted by molar-refractivity contribution is 6.22. The molecule has 0 saturated heterocycles. The van der Waals surface area contributed by atoms with E-state index in [9.17, 15) is 2.74 Å². The fraction of sp³-hybridized carbons (Fsp3) is 0. The lowest BCUT2D eigenvalue weighted by Crippen LogP contribution is -1.91. The molecule has 0 spiro atoms. The van der Waals surface area contributed by atoms with Gasteiger partial charge in [0.2, 0.25) is 0 Å². The molecule has 0 aliphatic rings. The van der Waals surface area contributed by atoms with E-state index in [-0.39, 0.29) is 73.4 Å². The molecular weight excluding hydrogens is 448 g/mol. The summed E-state index contributed by atoms with van der Waals surface area (Å²) in [6, 6.07) is 12.6. The van der Waals surface area contributed by atoms with Crippen molar-refractivity contribution in [3.05, 3.63) is 133 Å². The molecule has 0 fully saturated rings. The van der Waals surface area contributed by atoms with E-state index < -0.39 is 48.3 Å². The van der Waals surface area contributed by atoms with Crippen molar-refractivity contribution >= 4 is 54.3 Å². The summed E-state index contributed by atoms with van der Waals surface area (Å²) < 4.78 is 111. The third-order valence-corrected chi connectivity index (χ3v) is 6.82. The van der Waals surface area contributed by atoms with Crippen LogP contribution < -0.4 is 0 Å². The van der Waals surface area contributed by atoms with E-state index in [0.717, 1.165) is 10.8 Å². The van der Waals surface area contributed by atoms with Crippen molar-refractivity contribution in [2.45, 2.75) is 0 Å². The Morgan fingerprint density at radius 2 is 0.973 bits per heavy atom. The van der Waals surface area contributed by atoms with Gasteiger partial charge in [0.25, 0.3) is 0 Å². The van der Waals surface area contributed by atoms with Gasteiger partial charge in [0.15, 0.2) is 0 Å². The third kappa shape index (κ3) is 3.04. The summed E-state index contributed by atoms with van der Waals surface area (Å²) in [6.07, 6.45) is 0. The fourth-order valence-corrected chi connectivity index (χ4v) is 5.19. The number of hydrogen-bond acceptors (Lipinski definition) is 1. The third-order valence-electron chi connectivity index (χ3n) is 6.82. The Morgan fingerprint density at radius 1 is 0.432 bits per heavy atom. The van der Waals surface area contributed by atoms with Gasteiger partial charge in [-0.1, -0.05) is 109 Å². The molecule has 8 rings (SSSR count). The molecule has 0 aliphatic heterocycles. The van der Waals surface area contributed by atoms with Crippen molar-refractivity contribution in [2.75, 3.05) is 0 Å². The summed E-state index contributed by atoms with van der Waals surface area (Å²) in [5.41, 5.74) is 1.37. The van der Waals surface area contributed by atoms with Crippen molar-refractivity contribution in [2.24, 2.45) is 0 Å². The zero-order valence-electron chi connectivity index (χ0n) is 31.2. The van der Waals surface area contributed by atoms with Crippen LogP contribution in [0, 0.1) is 0 Å². The fourth-order valence-electron chi connectivity index (χ4n) is 5.19. The average molecular weight is 483 g/mol. The number of rotatable bonds is 2. The standard InChI is InChI=1S/C36H22O/c1-2-10-24-21-25(18-17-23(24)9-1)35-28-12-3-5-14-30(28)36(31-15-6-4-13-29(31)35)26-19-20-34-32(22-26)27-11-7-8-16-33(27)37-34/h1-22H/i3D,4D,5D,6D,7D,8D,11D,12D,13D,14D,15D,16D. The van der Waals surface area contributed by atoms with Gasteiger partial charge in [-0.25, -0.2) is 0 Å². The van der Waals surface area contributed by atoms with Crippen LogP contribution in [0.25, 0.3) is 76.5 Å². The maximum atomic E-state index is 9.18. The molecule has 0 atom stereocenters. The molecule has 37 heavy (non-hydrogen) atoms. The Balaban J connectivity index is 1.64. The molecule has 1 heteroatoms. The van der Waals surface area contributed by atoms with Gasteiger partial charge in [-0.05, 0) is 78.8 Å². The molecule has 8 aromatic rings. The SMILES string of the molecule is [2H]c1c([2H])c([2H])c2c(oc3ccc(-c4c5c([2H])c([2H])c([2H])c([2H])c5c(-c5ccc6ccccc6c5)c5c([2H])c([2H])c([2H])c([2H])c45)cc32)c1[2H]. The van der Waals surface area contributed by atoms with E-state index in [1.54, 1.807) is 24.3 Å². The lowest BCUT2D eigenvalue weighted by Gasteiger charge is -2.18. The number of furan rings is 1. The molecule has 0 aliphatic carbocycles. The molecule has 0 radical (unpaired) electrons. The molecule has 0 saturated carbocycles. The molecule has 0 bridgehead atoms. The molecule has 7 aromatic carbocycles. The van der Waals surface area contributed by atoms with Crippen LogP contribution >= 0.6 is 0 Å². The summed E-state index contributed by atoms with van der Waals surface area (Å²) in [6.45, 7) is 0. The molecule has 1 heterocycles. The highest BCUT2D eigenvalue weighted by Crippen LogP contribution is 2.45. The maximum absolute atomic E-state index is 9.18. The number of fused-ring (bicyclic) bond motifs is 6. The van der Waals surface area contributed by atoms with Gasteiger partial charge < -0.3 is 4.42 Å². The second-order valence-corrected chi connectivity index (χ2v) is 8.83. The van der Waals surface area contributed by atoms with E-state index in [1.165, 1.54) is 0 Å². The van der Waals surface area contributed by atoms with Crippen molar-refractivity contribution in [3.63, 3.8) is 0 Å². The van der Waals surface area contributed by atoms with Gasteiger partial charge in [-0.3, -0.25) is 0 Å². The van der Waals surface area contributed by atoms with Gasteiger partial charge >= 0.3 is 0 Å². The number of hydrogen-bond donors (Lipinski definition) is 0. The summed E-state index contributed by atoms with van der Waals surface area (Å²) in [5, 5.41) is 2.41. The topological polar surface area (TPSA) is 13.1 Å². The molecule has 1 nitrogen and oxygen atoms in total. The second kappa shape index (κ2) is 7.81. The molecule has 1 aromatic heterocycles. The summed E-state index contributed by atoms with van der Waals surface area (Å²) in [4.78, 5) is 0. The predicted octanol–water partition coefficient (Wildman–Crippen LogP) is 10.4. The van der Waals surface area contributed by atoms with Crippen LogP contribution in [0.4, 0.5) is 0 Å². The van der Waals surface area contributed by atoms with Gasteiger partial charge in [0.1, 0.15) is 11.2 Å². The van der Waals surface area contributed by atoms with E-state index in [0.29, 0.717) is 16.5 Å². The Labute approximate surface area is 231 Å². The Bertz CT molecular complexity index is 2720. The highest BCUT2D eigenvalue weighted by Gasteiger charge is 2.17. The molecule has 0 N–H and O–H groups in total. The number of para-hydroxylation sites is 1. The van der Waals surface area contributed by atoms with Gasteiger partial charge in [0.05, 0.1) is 16.4 Å². The Hall–Kier alpha value is -4.88. The van der Waals surface area contributed by atoms with Gasteiger partial charge in [-0.2, -0.15) is 0 Å². The minimum Gasteiger partial charge on any atom is -0.456 e. The van der Waals surface area contributed by atoms with Gasteiger partial charge in [-0.15, -0.1) is 0 Å². The molecule has 0 amide bonds. The van der Waals surface area contributed by atoms with Crippen molar-refractivity contribution < 1.29 is 20.9 Å². The summed E-state index contributed by atoms with van der Waals surface area (Å²) >= 11 is 0. The lowest BCUT2D eigenvalue weighted by molar-refractivity contribution is 0.669. The lowest BCUT2D eigenvalue weighted by atomic mass is 9.85. The largest absolute Gasteiger partial charge is 0.456 e. The van der Waals surface area contributed by atoms with Crippen LogP contribution in [0.1, 0.15) is 16.4 Å². The van der Waals surface area contributed by atoms with Crippen LogP contribution in [0.3, 0.4) is 0 Å². The van der Waals surface area contributed by atoms with E-state index >= 15 is 0 Å². The van der Waals surface area contributed by atoms with Crippen LogP contribution in [-0.2, 0) is 0 Å². The van der Waals surface area contributed by atoms with E-state index in [1.807, 2.05) is 36.4 Å². The van der Waals surface area contributed by atoms with E-state index in [4.69, 9.17) is 18.1 Å². The van der Waals surface area contributed by atoms with Crippen LogP contribution in [0.15, 0.2) is 138 Å². The van der Waals surface area contributed by atoms with E-state index in [2.05, 4.69) is 0 Å². The van der Waals surface area contributed by atoms with Crippen molar-refractivity contribution in [1.82, 2.24) is 0 Å². The normalized spacial score (nSPS) is 16.3. The first-order valence-electron chi connectivity index (χ1n) is 17.7. The smallest absolute Gasteiger partial charge is 0.135 e. The van der Waals surface area contributed by atoms with Crippen molar-refractivity contribution in [1.29, 1.82) is 0 Å². The number of benzene rings is 7. The molecule has 172 valence electrons. The zero-order chi connectivity index (χ0) is 34.8. The Kier molecular flexibility index (Phi) is 2.51. The minimum absolute atomic E-state index is 0.0424. The quantitative estimate of drug-likeness (QED) is 0.223. The average Bonchev–Trinajstić information content (AvgIpc) is 3.50. The molecular formula is C36H22O. The summed E-state index contributed by atoms with van der Waals surface area (Å²) in [7, 11) is 0. The zero-order valence-corrected chi connectivity index (χ0v) is 19.2. The second-order valence-electron chi connectivity index (χ2n) is 8.83. The van der Waals surface area contributed by atoms with Crippen LogP contribution in [-0.4, -0.2) is 0 Å². The first-order chi connectivity index (χ1) is 23.3. The first-order valence-corrected chi connectivity index (χ1v) is 11.7. The minimum atomic E-state index is -0.521.